The second-order valence-electron chi connectivity index (χ2n) is 2.12. The van der Waals surface area contributed by atoms with Crippen LogP contribution in [-0.2, 0) is 4.74 Å². The molecule has 1 aliphatic rings. The van der Waals surface area contributed by atoms with Crippen LogP contribution in [0.3, 0.4) is 0 Å². The third-order valence-electron chi connectivity index (χ3n) is 1.39. The number of allylic oxidation sites excluding steroid dienone is 1. The van der Waals surface area contributed by atoms with Crippen LogP contribution in [0.4, 0.5) is 0 Å². The van der Waals surface area contributed by atoms with Crippen LogP contribution in [0.15, 0.2) is 24.8 Å². The summed E-state index contributed by atoms with van der Waals surface area (Å²) >= 11 is 0. The van der Waals surface area contributed by atoms with Gasteiger partial charge in [0.1, 0.15) is 6.10 Å². The number of hydrogen-bond acceptors (Lipinski definition) is 1. The van der Waals surface area contributed by atoms with Crippen molar-refractivity contribution in [3.05, 3.63) is 30.9 Å². The molecule has 1 nitrogen and oxygen atoms in total. The molecule has 1 heterocycles. The van der Waals surface area contributed by atoms with Crippen LogP contribution in [0, 0.1) is 6.10 Å². The van der Waals surface area contributed by atoms with Gasteiger partial charge in [-0.2, -0.15) is 0 Å². The zero-order chi connectivity index (χ0) is 6.69. The zero-order valence-corrected chi connectivity index (χ0v) is 5.52. The Labute approximate surface area is 56.0 Å². The van der Waals surface area contributed by atoms with Crippen LogP contribution in [-0.4, -0.2) is 6.61 Å². The molecule has 1 fully saturated rings. The lowest BCUT2D eigenvalue weighted by Gasteiger charge is -2.26. The first-order valence-electron chi connectivity index (χ1n) is 3.12. The molecule has 0 aromatic heterocycles. The lowest BCUT2D eigenvalue weighted by Crippen LogP contribution is -2.19. The molecular weight excluding hydrogens is 112 g/mol. The van der Waals surface area contributed by atoms with E-state index in [1.54, 1.807) is 0 Å². The third kappa shape index (κ3) is 1.42. The second kappa shape index (κ2) is 2.83. The van der Waals surface area contributed by atoms with E-state index in [1.807, 2.05) is 6.08 Å². The van der Waals surface area contributed by atoms with Gasteiger partial charge in [-0.15, -0.1) is 6.58 Å². The van der Waals surface area contributed by atoms with Crippen LogP contribution in [0.1, 0.15) is 12.8 Å². The SMILES string of the molecule is C=CCC(=C)[C]1CCO1. The topological polar surface area (TPSA) is 9.23 Å². The van der Waals surface area contributed by atoms with Gasteiger partial charge in [-0.1, -0.05) is 12.7 Å². The Morgan fingerprint density at radius 3 is 2.78 bits per heavy atom. The summed E-state index contributed by atoms with van der Waals surface area (Å²) in [5.74, 6) is 0. The van der Waals surface area contributed by atoms with Crippen LogP contribution in [0.2, 0.25) is 0 Å². The van der Waals surface area contributed by atoms with Gasteiger partial charge in [0.05, 0.1) is 6.61 Å². The zero-order valence-electron chi connectivity index (χ0n) is 5.52. The van der Waals surface area contributed by atoms with Gasteiger partial charge in [-0.3, -0.25) is 0 Å². The van der Waals surface area contributed by atoms with Crippen molar-refractivity contribution in [1.29, 1.82) is 0 Å². The van der Waals surface area contributed by atoms with E-state index in [2.05, 4.69) is 13.2 Å². The van der Waals surface area contributed by atoms with Gasteiger partial charge >= 0.3 is 0 Å². The predicted octanol–water partition coefficient (Wildman–Crippen LogP) is 2.07. The Kier molecular flexibility index (Phi) is 2.06. The maximum Gasteiger partial charge on any atom is 0.124 e. The molecule has 0 aliphatic carbocycles. The lowest BCUT2D eigenvalue weighted by atomic mass is 10.0. The number of hydrogen-bond donors (Lipinski definition) is 0. The van der Waals surface area contributed by atoms with Crippen molar-refractivity contribution < 1.29 is 4.74 Å². The lowest BCUT2D eigenvalue weighted by molar-refractivity contribution is 0.0580. The van der Waals surface area contributed by atoms with Crippen molar-refractivity contribution in [3.63, 3.8) is 0 Å². The van der Waals surface area contributed by atoms with Gasteiger partial charge < -0.3 is 4.74 Å². The minimum atomic E-state index is 0.856. The summed E-state index contributed by atoms with van der Waals surface area (Å²) in [5, 5.41) is 0. The Bertz CT molecular complexity index is 123. The molecule has 0 N–H and O–H groups in total. The summed E-state index contributed by atoms with van der Waals surface area (Å²) < 4.78 is 5.11. The maximum absolute atomic E-state index is 5.11. The minimum Gasteiger partial charge on any atom is -0.367 e. The summed E-state index contributed by atoms with van der Waals surface area (Å²) in [4.78, 5) is 0. The monoisotopic (exact) mass is 123 g/mol. The quantitative estimate of drug-likeness (QED) is 0.522. The first-order chi connectivity index (χ1) is 4.34. The molecule has 49 valence electrons. The van der Waals surface area contributed by atoms with Crippen LogP contribution in [0.25, 0.3) is 0 Å². The summed E-state index contributed by atoms with van der Waals surface area (Å²) in [5.41, 5.74) is 1.08. The fourth-order valence-corrected chi connectivity index (χ4v) is 0.771. The molecule has 0 amide bonds. The van der Waals surface area contributed by atoms with Crippen molar-refractivity contribution in [2.75, 3.05) is 6.61 Å². The largest absolute Gasteiger partial charge is 0.367 e. The Balaban J connectivity index is 2.23. The normalized spacial score (nSPS) is 18.7. The summed E-state index contributed by atoms with van der Waals surface area (Å²) in [6.07, 6.45) is 4.83. The molecule has 1 heteroatoms. The third-order valence-corrected chi connectivity index (χ3v) is 1.39. The molecule has 0 unspecified atom stereocenters. The van der Waals surface area contributed by atoms with Crippen molar-refractivity contribution >= 4 is 0 Å². The van der Waals surface area contributed by atoms with Crippen molar-refractivity contribution in [2.24, 2.45) is 0 Å². The Morgan fingerprint density at radius 1 is 1.78 bits per heavy atom. The molecule has 0 aromatic carbocycles. The van der Waals surface area contributed by atoms with Crippen LogP contribution < -0.4 is 0 Å². The number of rotatable bonds is 3. The minimum absolute atomic E-state index is 0.856. The highest BCUT2D eigenvalue weighted by atomic mass is 16.5. The molecule has 0 saturated carbocycles. The Morgan fingerprint density at radius 2 is 2.44 bits per heavy atom. The van der Waals surface area contributed by atoms with E-state index in [0.717, 1.165) is 31.1 Å². The smallest absolute Gasteiger partial charge is 0.124 e. The second-order valence-corrected chi connectivity index (χ2v) is 2.12. The van der Waals surface area contributed by atoms with Crippen LogP contribution in [0.5, 0.6) is 0 Å². The van der Waals surface area contributed by atoms with Gasteiger partial charge in [-0.25, -0.2) is 0 Å². The molecule has 0 aromatic rings. The van der Waals surface area contributed by atoms with E-state index in [0.29, 0.717) is 0 Å². The first-order valence-corrected chi connectivity index (χ1v) is 3.12. The average molecular weight is 123 g/mol. The fraction of sp³-hybridized carbons (Fsp3) is 0.375. The van der Waals surface area contributed by atoms with E-state index in [4.69, 9.17) is 4.74 Å². The van der Waals surface area contributed by atoms with Gasteiger partial charge in [0.2, 0.25) is 0 Å². The summed E-state index contributed by atoms with van der Waals surface area (Å²) in [7, 11) is 0. The molecule has 0 atom stereocenters. The molecule has 0 bridgehead atoms. The van der Waals surface area contributed by atoms with Crippen LogP contribution >= 0.6 is 0 Å². The van der Waals surface area contributed by atoms with Gasteiger partial charge in [0, 0.05) is 6.42 Å². The average Bonchev–Trinajstić information content (AvgIpc) is 1.60. The highest BCUT2D eigenvalue weighted by Crippen LogP contribution is 2.28. The maximum atomic E-state index is 5.11. The van der Waals surface area contributed by atoms with E-state index >= 15 is 0 Å². The molecule has 1 radical (unpaired) electrons. The van der Waals surface area contributed by atoms with Gasteiger partial charge in [-0.05, 0) is 12.0 Å². The Hall–Kier alpha value is -0.560. The molecule has 1 rings (SSSR count). The summed E-state index contributed by atoms with van der Waals surface area (Å²) in [6, 6.07) is 0. The van der Waals surface area contributed by atoms with E-state index in [1.165, 1.54) is 0 Å². The molecule has 1 saturated heterocycles. The van der Waals surface area contributed by atoms with Gasteiger partial charge in [0.25, 0.3) is 0 Å². The van der Waals surface area contributed by atoms with E-state index < -0.39 is 0 Å². The highest BCUT2D eigenvalue weighted by molar-refractivity contribution is 5.20. The summed E-state index contributed by atoms with van der Waals surface area (Å²) in [6.45, 7) is 8.31. The van der Waals surface area contributed by atoms with Crippen molar-refractivity contribution in [2.45, 2.75) is 12.8 Å². The standard InChI is InChI=1S/C8H11O/c1-3-4-7(2)8-5-6-9-8/h3H,1-2,4-6H2. The van der Waals surface area contributed by atoms with Crippen molar-refractivity contribution in [1.82, 2.24) is 0 Å². The molecule has 0 spiro atoms. The molecular formula is C8H11O. The number of ether oxygens (including phenoxy) is 1. The van der Waals surface area contributed by atoms with Crippen molar-refractivity contribution in [3.8, 4) is 0 Å². The van der Waals surface area contributed by atoms with E-state index in [-0.39, 0.29) is 0 Å². The van der Waals surface area contributed by atoms with Gasteiger partial charge in [0.15, 0.2) is 0 Å². The first kappa shape index (κ1) is 6.56. The predicted molar refractivity (Wildman–Crippen MR) is 37.8 cm³/mol. The molecule has 9 heavy (non-hydrogen) atoms. The van der Waals surface area contributed by atoms with E-state index in [9.17, 15) is 0 Å². The highest BCUT2D eigenvalue weighted by Gasteiger charge is 2.21. The fourth-order valence-electron chi connectivity index (χ4n) is 0.771. The molecule has 1 aliphatic heterocycles.